The molecule has 0 aliphatic carbocycles. The third-order valence-electron chi connectivity index (χ3n) is 4.79. The topological polar surface area (TPSA) is 78.0 Å². The Bertz CT molecular complexity index is 600. The van der Waals surface area contributed by atoms with Crippen LogP contribution in [0, 0.1) is 5.92 Å². The number of aliphatic imine (C=N–C) groups is 1. The number of carbonyl (C=O) groups is 1. The summed E-state index contributed by atoms with van der Waals surface area (Å²) in [4.78, 5) is 20.1. The van der Waals surface area contributed by atoms with Crippen molar-refractivity contribution in [1.29, 1.82) is 0 Å². The molecule has 0 bridgehead atoms. The van der Waals surface area contributed by atoms with E-state index in [1.54, 1.807) is 0 Å². The highest BCUT2D eigenvalue weighted by Crippen LogP contribution is 2.14. The second kappa shape index (κ2) is 13.6. The molecule has 1 aromatic rings. The molecule has 1 unspecified atom stereocenters. The number of guanidine groups is 1. The monoisotopic (exact) mass is 423 g/mol. The number of ether oxygens (including phenoxy) is 1. The number of nitrogens with one attached hydrogen (secondary N) is 3. The number of rotatable bonds is 11. The number of amides is 1. The molecule has 7 nitrogen and oxygen atoms in total. The van der Waals surface area contributed by atoms with E-state index >= 15 is 0 Å². The van der Waals surface area contributed by atoms with Crippen LogP contribution in [0.2, 0.25) is 0 Å². The lowest BCUT2D eigenvalue weighted by atomic mass is 10.0. The second-order valence-corrected chi connectivity index (χ2v) is 8.61. The lowest BCUT2D eigenvalue weighted by Gasteiger charge is -2.34. The maximum Gasteiger partial charge on any atom is 0.261 e. The number of thiophene rings is 1. The molecule has 3 N–H and O–H groups in total. The minimum absolute atomic E-state index is 0.00242. The standard InChI is InChI=1S/C21H37N5O2S/c1-4-22-21(24-9-6-8-23-20(27)19-7-5-14-29-19)25-16-18(15-17(2)3)26-10-12-28-13-11-26/h5,7,14,17-18H,4,6,8-13,15-16H2,1-3H3,(H,23,27)(H2,22,24,25). The van der Waals surface area contributed by atoms with Crippen LogP contribution in [0.5, 0.6) is 0 Å². The van der Waals surface area contributed by atoms with Crippen molar-refractivity contribution < 1.29 is 9.53 Å². The molecule has 29 heavy (non-hydrogen) atoms. The van der Waals surface area contributed by atoms with Crippen molar-refractivity contribution in [3.8, 4) is 0 Å². The van der Waals surface area contributed by atoms with E-state index in [4.69, 9.17) is 9.73 Å². The summed E-state index contributed by atoms with van der Waals surface area (Å²) in [5, 5.41) is 11.6. The van der Waals surface area contributed by atoms with E-state index in [9.17, 15) is 4.79 Å². The van der Waals surface area contributed by atoms with Crippen LogP contribution >= 0.6 is 11.3 Å². The molecule has 0 radical (unpaired) electrons. The molecular weight excluding hydrogens is 386 g/mol. The highest BCUT2D eigenvalue weighted by molar-refractivity contribution is 7.12. The number of nitrogens with zero attached hydrogens (tertiary/aromatic N) is 2. The van der Waals surface area contributed by atoms with Gasteiger partial charge in [-0.05, 0) is 37.1 Å². The van der Waals surface area contributed by atoms with Crippen molar-refractivity contribution in [3.05, 3.63) is 22.4 Å². The van der Waals surface area contributed by atoms with E-state index in [1.165, 1.54) is 11.3 Å². The molecule has 1 amide bonds. The Labute approximate surface area is 179 Å². The van der Waals surface area contributed by atoms with Crippen LogP contribution in [-0.2, 0) is 4.74 Å². The Morgan fingerprint density at radius 3 is 2.66 bits per heavy atom. The summed E-state index contributed by atoms with van der Waals surface area (Å²) in [7, 11) is 0. The van der Waals surface area contributed by atoms with Gasteiger partial charge in [0.05, 0.1) is 24.6 Å². The zero-order chi connectivity index (χ0) is 20.9. The van der Waals surface area contributed by atoms with E-state index in [0.29, 0.717) is 18.5 Å². The summed E-state index contributed by atoms with van der Waals surface area (Å²) in [5.41, 5.74) is 0. The molecule has 1 atom stereocenters. The van der Waals surface area contributed by atoms with Crippen LogP contribution in [0.15, 0.2) is 22.5 Å². The molecule has 8 heteroatoms. The van der Waals surface area contributed by atoms with Gasteiger partial charge >= 0.3 is 0 Å². The summed E-state index contributed by atoms with van der Waals surface area (Å²) >= 11 is 1.46. The zero-order valence-electron chi connectivity index (χ0n) is 18.1. The fourth-order valence-corrected chi connectivity index (χ4v) is 4.00. The van der Waals surface area contributed by atoms with Gasteiger partial charge in [-0.25, -0.2) is 0 Å². The van der Waals surface area contributed by atoms with Gasteiger partial charge in [0.15, 0.2) is 5.96 Å². The van der Waals surface area contributed by atoms with Crippen LogP contribution in [0.25, 0.3) is 0 Å². The number of morpholine rings is 1. The Balaban J connectivity index is 1.76. The molecule has 0 saturated carbocycles. The maximum absolute atomic E-state index is 12.0. The molecule has 1 aliphatic heterocycles. The van der Waals surface area contributed by atoms with Crippen molar-refractivity contribution in [2.24, 2.45) is 10.9 Å². The van der Waals surface area contributed by atoms with E-state index in [-0.39, 0.29) is 5.91 Å². The van der Waals surface area contributed by atoms with Gasteiger partial charge in [-0.2, -0.15) is 0 Å². The average Bonchev–Trinajstić information content (AvgIpc) is 3.26. The van der Waals surface area contributed by atoms with Gasteiger partial charge in [0.2, 0.25) is 0 Å². The summed E-state index contributed by atoms with van der Waals surface area (Å²) in [5.74, 6) is 1.49. The van der Waals surface area contributed by atoms with Gasteiger partial charge in [0, 0.05) is 38.8 Å². The smallest absolute Gasteiger partial charge is 0.261 e. The third kappa shape index (κ3) is 9.14. The van der Waals surface area contributed by atoms with Gasteiger partial charge in [-0.3, -0.25) is 14.7 Å². The van der Waals surface area contributed by atoms with E-state index < -0.39 is 0 Å². The van der Waals surface area contributed by atoms with Crippen molar-refractivity contribution in [3.63, 3.8) is 0 Å². The molecule has 1 fully saturated rings. The van der Waals surface area contributed by atoms with Gasteiger partial charge in [-0.1, -0.05) is 19.9 Å². The molecule has 164 valence electrons. The van der Waals surface area contributed by atoms with Crippen molar-refractivity contribution in [2.75, 3.05) is 52.5 Å². The molecule has 1 aromatic heterocycles. The Kier molecular flexibility index (Phi) is 11.1. The van der Waals surface area contributed by atoms with E-state index in [2.05, 4.69) is 41.6 Å². The molecule has 1 aliphatic rings. The van der Waals surface area contributed by atoms with Crippen LogP contribution in [0.3, 0.4) is 0 Å². The summed E-state index contributed by atoms with van der Waals surface area (Å²) < 4.78 is 5.50. The molecule has 2 rings (SSSR count). The third-order valence-corrected chi connectivity index (χ3v) is 5.66. The summed E-state index contributed by atoms with van der Waals surface area (Å²) in [6.45, 7) is 13.2. The summed E-state index contributed by atoms with van der Waals surface area (Å²) in [6, 6.07) is 4.18. The van der Waals surface area contributed by atoms with Gasteiger partial charge in [0.25, 0.3) is 5.91 Å². The highest BCUT2D eigenvalue weighted by atomic mass is 32.1. The minimum Gasteiger partial charge on any atom is -0.379 e. The molecule has 0 aromatic carbocycles. The first-order valence-electron chi connectivity index (χ1n) is 10.8. The first kappa shape index (κ1) is 23.6. The van der Waals surface area contributed by atoms with Crippen LogP contribution in [0.1, 0.15) is 43.3 Å². The van der Waals surface area contributed by atoms with Gasteiger partial charge in [-0.15, -0.1) is 11.3 Å². The predicted molar refractivity (Wildman–Crippen MR) is 121 cm³/mol. The fraction of sp³-hybridized carbons (Fsp3) is 0.714. The van der Waals surface area contributed by atoms with E-state index in [0.717, 1.165) is 69.6 Å². The average molecular weight is 424 g/mol. The highest BCUT2D eigenvalue weighted by Gasteiger charge is 2.21. The number of hydrogen-bond donors (Lipinski definition) is 3. The van der Waals surface area contributed by atoms with Crippen molar-refractivity contribution in [2.45, 2.75) is 39.7 Å². The van der Waals surface area contributed by atoms with Crippen LogP contribution in [-0.4, -0.2) is 75.3 Å². The minimum atomic E-state index is 0.00242. The first-order chi connectivity index (χ1) is 14.1. The lowest BCUT2D eigenvalue weighted by Crippen LogP contribution is -2.46. The molecular formula is C21H37N5O2S. The zero-order valence-corrected chi connectivity index (χ0v) is 18.9. The van der Waals surface area contributed by atoms with Crippen molar-refractivity contribution in [1.82, 2.24) is 20.9 Å². The van der Waals surface area contributed by atoms with Crippen molar-refractivity contribution >= 4 is 23.2 Å². The molecule has 1 saturated heterocycles. The molecule has 0 spiro atoms. The van der Waals surface area contributed by atoms with Gasteiger partial charge in [0.1, 0.15) is 0 Å². The SMILES string of the molecule is CCNC(=NCC(CC(C)C)N1CCOCC1)NCCCNC(=O)c1cccs1. The predicted octanol–water partition coefficient (Wildman–Crippen LogP) is 2.17. The summed E-state index contributed by atoms with van der Waals surface area (Å²) in [6.07, 6.45) is 1.98. The normalized spacial score (nSPS) is 16.6. The number of hydrogen-bond acceptors (Lipinski definition) is 5. The van der Waals surface area contributed by atoms with Crippen LogP contribution in [0.4, 0.5) is 0 Å². The first-order valence-corrected chi connectivity index (χ1v) is 11.6. The van der Waals surface area contributed by atoms with Crippen LogP contribution < -0.4 is 16.0 Å². The Morgan fingerprint density at radius 2 is 2.00 bits per heavy atom. The van der Waals surface area contributed by atoms with E-state index in [1.807, 2.05) is 17.5 Å². The quantitative estimate of drug-likeness (QED) is 0.289. The lowest BCUT2D eigenvalue weighted by molar-refractivity contribution is 0.0143. The Morgan fingerprint density at radius 1 is 1.24 bits per heavy atom. The molecule has 2 heterocycles. The second-order valence-electron chi connectivity index (χ2n) is 7.66. The Hall–Kier alpha value is -1.64. The van der Waals surface area contributed by atoms with Gasteiger partial charge < -0.3 is 20.7 Å². The largest absolute Gasteiger partial charge is 0.379 e. The maximum atomic E-state index is 12.0. The fourth-order valence-electron chi connectivity index (χ4n) is 3.36. The number of carbonyl (C=O) groups excluding carboxylic acids is 1.